The van der Waals surface area contributed by atoms with Crippen LogP contribution in [0.15, 0.2) is 5.38 Å². The van der Waals surface area contributed by atoms with Gasteiger partial charge in [0.1, 0.15) is 22.2 Å². The van der Waals surface area contributed by atoms with Gasteiger partial charge in [-0.1, -0.05) is 0 Å². The first-order valence-electron chi connectivity index (χ1n) is 7.28. The first kappa shape index (κ1) is 16.4. The Morgan fingerprint density at radius 2 is 2.00 bits per heavy atom. The summed E-state index contributed by atoms with van der Waals surface area (Å²) in [6, 6.07) is 2.26. The molecule has 1 aliphatic rings. The Morgan fingerprint density at radius 1 is 1.36 bits per heavy atom. The molecule has 7 heteroatoms. The second kappa shape index (κ2) is 6.44. The summed E-state index contributed by atoms with van der Waals surface area (Å²) in [4.78, 5) is 15.9. The van der Waals surface area contributed by atoms with E-state index in [4.69, 9.17) is 4.74 Å². The number of carbonyl (C=O) groups is 1. The zero-order valence-corrected chi connectivity index (χ0v) is 14.3. The third-order valence-corrected chi connectivity index (χ3v) is 4.37. The van der Waals surface area contributed by atoms with Gasteiger partial charge < -0.3 is 19.9 Å². The van der Waals surface area contributed by atoms with E-state index < -0.39 is 5.60 Å². The molecule has 1 aliphatic heterocycles. The number of nitriles is 1. The van der Waals surface area contributed by atoms with Crippen LogP contribution in [0.2, 0.25) is 0 Å². The summed E-state index contributed by atoms with van der Waals surface area (Å²) in [5.41, 5.74) is 1.15. The summed E-state index contributed by atoms with van der Waals surface area (Å²) in [5, 5.41) is 15.2. The molecule has 6 nitrogen and oxygen atoms in total. The Bertz CT molecular complexity index is 577. The number of nitrogens with zero attached hydrogens (tertiary/aromatic N) is 3. The number of anilines is 2. The van der Waals surface area contributed by atoms with Crippen LogP contribution < -0.4 is 10.2 Å². The molecule has 1 saturated heterocycles. The highest BCUT2D eigenvalue weighted by Crippen LogP contribution is 2.34. The standard InChI is InChI=1S/C15H22N4O2S/c1-15(2,3)21-14(20)19-7-5-18(6-8-19)12-10-22-13(17-4)11(12)9-16/h10,17H,5-8H2,1-4H3. The lowest BCUT2D eigenvalue weighted by atomic mass is 10.2. The van der Waals surface area contributed by atoms with Crippen LogP contribution in [0.5, 0.6) is 0 Å². The monoisotopic (exact) mass is 322 g/mol. The van der Waals surface area contributed by atoms with E-state index in [1.165, 1.54) is 11.3 Å². The Kier molecular flexibility index (Phi) is 4.81. The van der Waals surface area contributed by atoms with Gasteiger partial charge in [-0.15, -0.1) is 11.3 Å². The van der Waals surface area contributed by atoms with Crippen LogP contribution in [-0.4, -0.2) is 49.8 Å². The number of nitrogens with one attached hydrogen (secondary N) is 1. The molecule has 0 atom stereocenters. The molecule has 22 heavy (non-hydrogen) atoms. The molecule has 1 N–H and O–H groups in total. The largest absolute Gasteiger partial charge is 0.444 e. The lowest BCUT2D eigenvalue weighted by molar-refractivity contribution is 0.0240. The SMILES string of the molecule is CNc1scc(N2CCN(C(=O)OC(C)(C)C)CC2)c1C#N. The van der Waals surface area contributed by atoms with Gasteiger partial charge in [0.15, 0.2) is 0 Å². The molecule has 1 fully saturated rings. The number of carbonyl (C=O) groups excluding carboxylic acids is 1. The van der Waals surface area contributed by atoms with Crippen molar-refractivity contribution in [2.45, 2.75) is 26.4 Å². The lowest BCUT2D eigenvalue weighted by Crippen LogP contribution is -2.50. The molecule has 0 aliphatic carbocycles. The summed E-state index contributed by atoms with van der Waals surface area (Å²) in [7, 11) is 1.82. The van der Waals surface area contributed by atoms with E-state index in [9.17, 15) is 10.1 Å². The topological polar surface area (TPSA) is 68.6 Å². The van der Waals surface area contributed by atoms with Crippen LogP contribution in [-0.2, 0) is 4.74 Å². The summed E-state index contributed by atoms with van der Waals surface area (Å²) < 4.78 is 5.39. The van der Waals surface area contributed by atoms with E-state index in [-0.39, 0.29) is 6.09 Å². The normalized spacial score (nSPS) is 15.4. The number of ether oxygens (including phenoxy) is 1. The molecule has 0 spiro atoms. The third-order valence-electron chi connectivity index (χ3n) is 3.38. The number of piperazine rings is 1. The van der Waals surface area contributed by atoms with Crippen molar-refractivity contribution in [1.82, 2.24) is 4.90 Å². The highest BCUT2D eigenvalue weighted by atomic mass is 32.1. The molecule has 1 amide bonds. The molecule has 0 bridgehead atoms. The minimum atomic E-state index is -0.475. The van der Waals surface area contributed by atoms with Crippen molar-refractivity contribution in [2.24, 2.45) is 0 Å². The minimum Gasteiger partial charge on any atom is -0.444 e. The maximum absolute atomic E-state index is 12.1. The van der Waals surface area contributed by atoms with Gasteiger partial charge in [0.25, 0.3) is 0 Å². The highest BCUT2D eigenvalue weighted by Gasteiger charge is 2.27. The second-order valence-electron chi connectivity index (χ2n) is 6.14. The summed E-state index contributed by atoms with van der Waals surface area (Å²) >= 11 is 1.53. The van der Waals surface area contributed by atoms with Crippen LogP contribution >= 0.6 is 11.3 Å². The van der Waals surface area contributed by atoms with E-state index in [2.05, 4.69) is 16.3 Å². The van der Waals surface area contributed by atoms with Crippen molar-refractivity contribution in [3.63, 3.8) is 0 Å². The maximum atomic E-state index is 12.1. The second-order valence-corrected chi connectivity index (χ2v) is 7.02. The maximum Gasteiger partial charge on any atom is 0.410 e. The van der Waals surface area contributed by atoms with Crippen LogP contribution in [0.4, 0.5) is 15.5 Å². The van der Waals surface area contributed by atoms with Crippen LogP contribution in [0.25, 0.3) is 0 Å². The van der Waals surface area contributed by atoms with Crippen molar-refractivity contribution in [2.75, 3.05) is 43.4 Å². The van der Waals surface area contributed by atoms with Gasteiger partial charge in [0.05, 0.1) is 5.69 Å². The predicted molar refractivity (Wildman–Crippen MR) is 88.6 cm³/mol. The van der Waals surface area contributed by atoms with Crippen molar-refractivity contribution < 1.29 is 9.53 Å². The first-order valence-corrected chi connectivity index (χ1v) is 8.16. The van der Waals surface area contributed by atoms with Crippen LogP contribution in [0.1, 0.15) is 26.3 Å². The smallest absolute Gasteiger partial charge is 0.410 e. The number of thiophene rings is 1. The average molecular weight is 322 g/mol. The van der Waals surface area contributed by atoms with Gasteiger partial charge in [-0.25, -0.2) is 4.79 Å². The van der Waals surface area contributed by atoms with Gasteiger partial charge in [-0.3, -0.25) is 0 Å². The number of hydrogen-bond acceptors (Lipinski definition) is 6. The van der Waals surface area contributed by atoms with Gasteiger partial charge in [0, 0.05) is 38.6 Å². The zero-order valence-electron chi connectivity index (χ0n) is 13.5. The average Bonchev–Trinajstić information content (AvgIpc) is 2.88. The van der Waals surface area contributed by atoms with Crippen LogP contribution in [0, 0.1) is 11.3 Å². The molecular formula is C15H22N4O2S. The Morgan fingerprint density at radius 3 is 2.50 bits per heavy atom. The molecule has 0 saturated carbocycles. The van der Waals surface area contributed by atoms with E-state index in [1.807, 2.05) is 33.2 Å². The van der Waals surface area contributed by atoms with Crippen molar-refractivity contribution in [3.05, 3.63) is 10.9 Å². The predicted octanol–water partition coefficient (Wildman–Crippen LogP) is 2.72. The van der Waals surface area contributed by atoms with Gasteiger partial charge >= 0.3 is 6.09 Å². The number of amides is 1. The van der Waals surface area contributed by atoms with Crippen molar-refractivity contribution >= 4 is 28.1 Å². The summed E-state index contributed by atoms with van der Waals surface area (Å²) in [6.45, 7) is 8.21. The van der Waals surface area contributed by atoms with E-state index >= 15 is 0 Å². The fraction of sp³-hybridized carbons (Fsp3) is 0.600. The van der Waals surface area contributed by atoms with Crippen LogP contribution in [0.3, 0.4) is 0 Å². The molecule has 0 unspecified atom stereocenters. The third kappa shape index (κ3) is 3.63. The van der Waals surface area contributed by atoms with E-state index in [0.717, 1.165) is 10.7 Å². The summed E-state index contributed by atoms with van der Waals surface area (Å²) in [5.74, 6) is 0. The molecule has 1 aromatic rings. The molecule has 0 aromatic carbocycles. The first-order chi connectivity index (χ1) is 10.4. The molecular weight excluding hydrogens is 300 g/mol. The Labute approximate surface area is 135 Å². The molecule has 2 rings (SSSR count). The number of rotatable bonds is 2. The summed E-state index contributed by atoms with van der Waals surface area (Å²) in [6.07, 6.45) is -0.270. The quantitative estimate of drug-likeness (QED) is 0.906. The fourth-order valence-electron chi connectivity index (χ4n) is 2.33. The van der Waals surface area contributed by atoms with Gasteiger partial charge in [0.2, 0.25) is 0 Å². The Balaban J connectivity index is 2.00. The van der Waals surface area contributed by atoms with E-state index in [1.54, 1.807) is 4.90 Å². The molecule has 120 valence electrons. The molecule has 0 radical (unpaired) electrons. The molecule has 1 aromatic heterocycles. The Hall–Kier alpha value is -1.94. The van der Waals surface area contributed by atoms with E-state index in [0.29, 0.717) is 31.7 Å². The lowest BCUT2D eigenvalue weighted by Gasteiger charge is -2.36. The number of hydrogen-bond donors (Lipinski definition) is 1. The van der Waals surface area contributed by atoms with Gasteiger partial charge in [-0.05, 0) is 20.8 Å². The van der Waals surface area contributed by atoms with Crippen molar-refractivity contribution in [1.29, 1.82) is 5.26 Å². The zero-order chi connectivity index (χ0) is 16.3. The van der Waals surface area contributed by atoms with Crippen molar-refractivity contribution in [3.8, 4) is 6.07 Å². The highest BCUT2D eigenvalue weighted by molar-refractivity contribution is 7.15. The molecule has 2 heterocycles. The fourth-order valence-corrected chi connectivity index (χ4v) is 3.21. The minimum absolute atomic E-state index is 0.270. The van der Waals surface area contributed by atoms with Gasteiger partial charge in [-0.2, -0.15) is 5.26 Å².